The Bertz CT molecular complexity index is 1460. The second-order valence-electron chi connectivity index (χ2n) is 8.49. The normalized spacial score (nSPS) is 18.1. The Kier molecular flexibility index (Phi) is 6.17. The second kappa shape index (κ2) is 9.28. The van der Waals surface area contributed by atoms with E-state index in [1.54, 1.807) is 41.0 Å². The summed E-state index contributed by atoms with van der Waals surface area (Å²) in [4.78, 5) is 34.4. The number of hydrogen-bond acceptors (Lipinski definition) is 4. The number of primary amides is 1. The van der Waals surface area contributed by atoms with Crippen LogP contribution in [-0.4, -0.2) is 39.1 Å². The van der Waals surface area contributed by atoms with Gasteiger partial charge in [0.1, 0.15) is 0 Å². The lowest BCUT2D eigenvalue weighted by Gasteiger charge is -2.39. The van der Waals surface area contributed by atoms with Crippen molar-refractivity contribution in [1.29, 1.82) is 0 Å². The number of urea groups is 1. The Morgan fingerprint density at radius 3 is 2.69 bits per heavy atom. The minimum atomic E-state index is -0.514. The van der Waals surface area contributed by atoms with Crippen LogP contribution in [0.15, 0.2) is 59.5 Å². The van der Waals surface area contributed by atoms with Gasteiger partial charge in [-0.25, -0.2) is 14.6 Å². The Hall–Kier alpha value is -3.49. The molecule has 0 aliphatic carbocycles. The standard InChI is InChI=1S/C25H23Cl2N5O3/c1-35-22-8-6-15(13-29-22)17-3-2-4-20-23(17)30-25(34)32(20)16-9-10-31(24(28)33)21(12-16)14-5-7-18(26)19(27)11-14/h2-8,11,13,16,21H,9-10,12H2,1H3,(H2,28,33)(H,30,34). The van der Waals surface area contributed by atoms with E-state index in [-0.39, 0.29) is 17.8 Å². The summed E-state index contributed by atoms with van der Waals surface area (Å²) in [5.41, 5.74) is 9.55. The minimum absolute atomic E-state index is 0.157. The van der Waals surface area contributed by atoms with E-state index in [0.717, 1.165) is 27.7 Å². The van der Waals surface area contributed by atoms with Gasteiger partial charge in [0.2, 0.25) is 5.88 Å². The molecule has 2 unspecified atom stereocenters. The lowest BCUT2D eigenvalue weighted by Crippen LogP contribution is -2.45. The number of nitrogens with zero attached hydrogens (tertiary/aromatic N) is 3. The average molecular weight is 512 g/mol. The van der Waals surface area contributed by atoms with Crippen molar-refractivity contribution in [3.63, 3.8) is 0 Å². The zero-order chi connectivity index (χ0) is 24.7. The first-order valence-corrected chi connectivity index (χ1v) is 11.9. The Labute approximate surface area is 211 Å². The third-order valence-electron chi connectivity index (χ3n) is 6.56. The van der Waals surface area contributed by atoms with Gasteiger partial charge in [0.05, 0.1) is 34.2 Å². The highest BCUT2D eigenvalue weighted by Crippen LogP contribution is 2.39. The van der Waals surface area contributed by atoms with Crippen LogP contribution in [0.3, 0.4) is 0 Å². The maximum absolute atomic E-state index is 13.2. The molecule has 1 saturated heterocycles. The fourth-order valence-electron chi connectivity index (χ4n) is 4.89. The molecule has 0 saturated carbocycles. The number of benzene rings is 2. The van der Waals surface area contributed by atoms with Gasteiger partial charge < -0.3 is 20.4 Å². The van der Waals surface area contributed by atoms with Crippen molar-refractivity contribution in [2.45, 2.75) is 24.9 Å². The van der Waals surface area contributed by atoms with Crippen molar-refractivity contribution in [1.82, 2.24) is 19.4 Å². The van der Waals surface area contributed by atoms with Crippen LogP contribution in [0.1, 0.15) is 30.5 Å². The molecule has 1 aliphatic rings. The first-order valence-electron chi connectivity index (χ1n) is 11.1. The first kappa shape index (κ1) is 23.3. The summed E-state index contributed by atoms with van der Waals surface area (Å²) in [5.74, 6) is 0.515. The summed E-state index contributed by atoms with van der Waals surface area (Å²) in [6.07, 6.45) is 2.80. The van der Waals surface area contributed by atoms with Gasteiger partial charge in [-0.2, -0.15) is 0 Å². The number of hydrogen-bond donors (Lipinski definition) is 2. The van der Waals surface area contributed by atoms with Gasteiger partial charge in [0.25, 0.3) is 0 Å². The number of carbonyl (C=O) groups excluding carboxylic acids is 1. The number of pyridine rings is 1. The molecule has 2 amide bonds. The number of likely N-dealkylation sites (tertiary alicyclic amines) is 1. The van der Waals surface area contributed by atoms with Crippen LogP contribution < -0.4 is 16.2 Å². The van der Waals surface area contributed by atoms with E-state index in [2.05, 4.69) is 9.97 Å². The van der Waals surface area contributed by atoms with Crippen molar-refractivity contribution in [2.24, 2.45) is 5.73 Å². The van der Waals surface area contributed by atoms with Crippen molar-refractivity contribution in [3.05, 3.63) is 80.8 Å². The Morgan fingerprint density at radius 1 is 1.17 bits per heavy atom. The molecule has 2 atom stereocenters. The van der Waals surface area contributed by atoms with Crippen molar-refractivity contribution >= 4 is 40.3 Å². The van der Waals surface area contributed by atoms with Crippen LogP contribution in [0.2, 0.25) is 10.0 Å². The van der Waals surface area contributed by atoms with E-state index in [1.165, 1.54) is 0 Å². The van der Waals surface area contributed by atoms with Crippen LogP contribution in [-0.2, 0) is 0 Å². The number of amides is 2. The number of piperidine rings is 1. The van der Waals surface area contributed by atoms with Gasteiger partial charge in [-0.15, -0.1) is 0 Å². The number of imidazole rings is 1. The van der Waals surface area contributed by atoms with Gasteiger partial charge in [-0.3, -0.25) is 4.57 Å². The molecule has 5 rings (SSSR count). The van der Waals surface area contributed by atoms with Crippen molar-refractivity contribution in [2.75, 3.05) is 13.7 Å². The maximum atomic E-state index is 13.2. The fraction of sp³-hybridized carbons (Fsp3) is 0.240. The van der Waals surface area contributed by atoms with Gasteiger partial charge in [0.15, 0.2) is 0 Å². The zero-order valence-corrected chi connectivity index (χ0v) is 20.4. The van der Waals surface area contributed by atoms with Crippen LogP contribution in [0, 0.1) is 0 Å². The topological polar surface area (TPSA) is 106 Å². The zero-order valence-electron chi connectivity index (χ0n) is 18.9. The molecule has 2 aromatic heterocycles. The molecule has 3 heterocycles. The Morgan fingerprint density at radius 2 is 2.00 bits per heavy atom. The highest BCUT2D eigenvalue weighted by Gasteiger charge is 2.34. The van der Waals surface area contributed by atoms with E-state index in [1.807, 2.05) is 30.3 Å². The number of aromatic nitrogens is 3. The summed E-state index contributed by atoms with van der Waals surface area (Å²) in [6, 6.07) is 13.7. The number of nitrogens with one attached hydrogen (secondary N) is 1. The molecule has 2 aromatic carbocycles. The predicted molar refractivity (Wildman–Crippen MR) is 136 cm³/mol. The number of aromatic amines is 1. The molecule has 1 fully saturated rings. The molecule has 4 aromatic rings. The van der Waals surface area contributed by atoms with Crippen LogP contribution in [0.4, 0.5) is 4.79 Å². The van der Waals surface area contributed by atoms with Crippen molar-refractivity contribution < 1.29 is 9.53 Å². The fourth-order valence-corrected chi connectivity index (χ4v) is 5.20. The third-order valence-corrected chi connectivity index (χ3v) is 7.30. The molecule has 1 aliphatic heterocycles. The number of para-hydroxylation sites is 1. The smallest absolute Gasteiger partial charge is 0.326 e. The molecule has 180 valence electrons. The summed E-state index contributed by atoms with van der Waals surface area (Å²) >= 11 is 12.4. The molecule has 0 bridgehead atoms. The van der Waals surface area contributed by atoms with Crippen molar-refractivity contribution in [3.8, 4) is 17.0 Å². The molecule has 3 N–H and O–H groups in total. The summed E-state index contributed by atoms with van der Waals surface area (Å²) in [7, 11) is 1.56. The molecule has 8 nitrogen and oxygen atoms in total. The van der Waals surface area contributed by atoms with Gasteiger partial charge in [0, 0.05) is 36.0 Å². The molecule has 0 radical (unpaired) electrons. The van der Waals surface area contributed by atoms with E-state index >= 15 is 0 Å². The number of methoxy groups -OCH3 is 1. The average Bonchev–Trinajstić information content (AvgIpc) is 3.21. The summed E-state index contributed by atoms with van der Waals surface area (Å²) in [6.45, 7) is 0.409. The maximum Gasteiger partial charge on any atom is 0.326 e. The molecular weight excluding hydrogens is 489 g/mol. The number of halogens is 2. The van der Waals surface area contributed by atoms with Gasteiger partial charge in [-0.1, -0.05) is 41.4 Å². The molecular formula is C25H23Cl2N5O3. The minimum Gasteiger partial charge on any atom is -0.481 e. The van der Waals surface area contributed by atoms with E-state index in [0.29, 0.717) is 35.3 Å². The van der Waals surface area contributed by atoms with E-state index in [4.69, 9.17) is 33.7 Å². The van der Waals surface area contributed by atoms with E-state index < -0.39 is 6.03 Å². The number of rotatable bonds is 4. The lowest BCUT2D eigenvalue weighted by molar-refractivity contribution is 0.136. The summed E-state index contributed by atoms with van der Waals surface area (Å²) in [5, 5.41) is 0.833. The number of carbonyl (C=O) groups is 1. The first-order chi connectivity index (χ1) is 16.9. The number of nitrogens with two attached hydrogens (primary N) is 1. The summed E-state index contributed by atoms with van der Waals surface area (Å²) < 4.78 is 6.93. The second-order valence-corrected chi connectivity index (χ2v) is 9.30. The van der Waals surface area contributed by atoms with Crippen LogP contribution in [0.5, 0.6) is 5.88 Å². The van der Waals surface area contributed by atoms with E-state index in [9.17, 15) is 9.59 Å². The molecule has 10 heteroatoms. The van der Waals surface area contributed by atoms with Gasteiger partial charge >= 0.3 is 11.7 Å². The predicted octanol–water partition coefficient (Wildman–Crippen LogP) is 5.16. The van der Waals surface area contributed by atoms with Crippen LogP contribution >= 0.6 is 23.2 Å². The monoisotopic (exact) mass is 511 g/mol. The highest BCUT2D eigenvalue weighted by molar-refractivity contribution is 6.42. The largest absolute Gasteiger partial charge is 0.481 e. The number of H-pyrrole nitrogens is 1. The van der Waals surface area contributed by atoms with Crippen LogP contribution in [0.25, 0.3) is 22.2 Å². The molecule has 0 spiro atoms. The quantitative estimate of drug-likeness (QED) is 0.394. The molecule has 35 heavy (non-hydrogen) atoms. The number of ether oxygens (including phenoxy) is 1. The SMILES string of the molecule is COc1ccc(-c2cccc3c2[nH]c(=O)n3C2CCN(C(N)=O)C(c3ccc(Cl)c(Cl)c3)C2)cn1. The lowest BCUT2D eigenvalue weighted by atomic mass is 9.91. The number of fused-ring (bicyclic) bond motifs is 1. The third kappa shape index (κ3) is 4.24. The highest BCUT2D eigenvalue weighted by atomic mass is 35.5. The van der Waals surface area contributed by atoms with Gasteiger partial charge in [-0.05, 0) is 42.7 Å². The Balaban J connectivity index is 1.55.